The predicted octanol–water partition coefficient (Wildman–Crippen LogP) is -0.0844. The SMILES string of the molecule is CC1CN(c2ccc(S(N)(=O)=O)cn2)CC(C)N1. The molecule has 1 fully saturated rings. The number of rotatable bonds is 2. The molecule has 6 nitrogen and oxygen atoms in total. The van der Waals surface area contributed by atoms with E-state index in [1.54, 1.807) is 6.07 Å². The summed E-state index contributed by atoms with van der Waals surface area (Å²) in [5.41, 5.74) is 0. The Bertz CT molecular complexity index is 504. The third kappa shape index (κ3) is 2.98. The molecule has 1 aliphatic rings. The maximum Gasteiger partial charge on any atom is 0.239 e. The zero-order valence-corrected chi connectivity index (χ0v) is 11.3. The second kappa shape index (κ2) is 4.83. The van der Waals surface area contributed by atoms with Gasteiger partial charge in [-0.3, -0.25) is 0 Å². The van der Waals surface area contributed by atoms with Crippen molar-refractivity contribution in [1.29, 1.82) is 0 Å². The number of aromatic nitrogens is 1. The van der Waals surface area contributed by atoms with Gasteiger partial charge in [-0.05, 0) is 26.0 Å². The van der Waals surface area contributed by atoms with Crippen LogP contribution in [0.25, 0.3) is 0 Å². The van der Waals surface area contributed by atoms with Crippen molar-refractivity contribution in [1.82, 2.24) is 10.3 Å². The summed E-state index contributed by atoms with van der Waals surface area (Å²) >= 11 is 0. The van der Waals surface area contributed by atoms with Gasteiger partial charge >= 0.3 is 0 Å². The number of anilines is 1. The number of sulfonamides is 1. The van der Waals surface area contributed by atoms with Gasteiger partial charge in [-0.2, -0.15) is 0 Å². The molecule has 3 N–H and O–H groups in total. The fraction of sp³-hybridized carbons (Fsp3) is 0.545. The van der Waals surface area contributed by atoms with Crippen LogP contribution in [0.3, 0.4) is 0 Å². The van der Waals surface area contributed by atoms with Crippen LogP contribution < -0.4 is 15.4 Å². The van der Waals surface area contributed by atoms with Gasteiger partial charge in [-0.15, -0.1) is 0 Å². The van der Waals surface area contributed by atoms with E-state index < -0.39 is 10.0 Å². The lowest BCUT2D eigenvalue weighted by Gasteiger charge is -2.36. The van der Waals surface area contributed by atoms with E-state index in [0.29, 0.717) is 12.1 Å². The van der Waals surface area contributed by atoms with Crippen molar-refractivity contribution in [3.63, 3.8) is 0 Å². The Hall–Kier alpha value is -1.18. The summed E-state index contributed by atoms with van der Waals surface area (Å²) in [5, 5.41) is 8.47. The molecule has 2 heterocycles. The van der Waals surface area contributed by atoms with Gasteiger partial charge in [-0.1, -0.05) is 0 Å². The highest BCUT2D eigenvalue weighted by Gasteiger charge is 2.22. The number of hydrogen-bond donors (Lipinski definition) is 2. The zero-order valence-electron chi connectivity index (χ0n) is 10.5. The van der Waals surface area contributed by atoms with Gasteiger partial charge in [0.2, 0.25) is 10.0 Å². The Kier molecular flexibility index (Phi) is 3.56. The summed E-state index contributed by atoms with van der Waals surface area (Å²) in [6, 6.07) is 3.96. The number of nitrogens with one attached hydrogen (secondary N) is 1. The quantitative estimate of drug-likeness (QED) is 0.784. The number of primary sulfonamides is 1. The lowest BCUT2D eigenvalue weighted by Crippen LogP contribution is -2.54. The summed E-state index contributed by atoms with van der Waals surface area (Å²) in [5.74, 6) is 0.780. The van der Waals surface area contributed by atoms with Crippen LogP contribution in [0.1, 0.15) is 13.8 Å². The minimum absolute atomic E-state index is 0.0440. The Morgan fingerprint density at radius 1 is 1.33 bits per heavy atom. The van der Waals surface area contributed by atoms with Crippen molar-refractivity contribution in [3.8, 4) is 0 Å². The largest absolute Gasteiger partial charge is 0.354 e. The Balaban J connectivity index is 2.19. The molecule has 0 aliphatic carbocycles. The monoisotopic (exact) mass is 270 g/mol. The first-order valence-electron chi connectivity index (χ1n) is 5.86. The zero-order chi connectivity index (χ0) is 13.3. The molecule has 0 radical (unpaired) electrons. The van der Waals surface area contributed by atoms with Gasteiger partial charge in [-0.25, -0.2) is 18.5 Å². The van der Waals surface area contributed by atoms with Crippen molar-refractivity contribution >= 4 is 15.8 Å². The number of hydrogen-bond acceptors (Lipinski definition) is 5. The lowest BCUT2D eigenvalue weighted by molar-refractivity contribution is 0.405. The number of piperazine rings is 1. The van der Waals surface area contributed by atoms with Crippen molar-refractivity contribution in [2.24, 2.45) is 5.14 Å². The molecule has 1 aromatic rings. The molecule has 100 valence electrons. The third-order valence-electron chi connectivity index (χ3n) is 2.93. The predicted molar refractivity (Wildman–Crippen MR) is 69.9 cm³/mol. The molecule has 2 unspecified atom stereocenters. The van der Waals surface area contributed by atoms with Crippen LogP contribution in [0.4, 0.5) is 5.82 Å². The van der Waals surface area contributed by atoms with E-state index in [2.05, 4.69) is 29.0 Å². The molecule has 1 aromatic heterocycles. The van der Waals surface area contributed by atoms with E-state index in [1.807, 2.05) is 0 Å². The first kappa shape index (κ1) is 13.3. The van der Waals surface area contributed by atoms with E-state index in [9.17, 15) is 8.42 Å². The van der Waals surface area contributed by atoms with E-state index in [1.165, 1.54) is 12.3 Å². The number of pyridine rings is 1. The minimum Gasteiger partial charge on any atom is -0.354 e. The molecule has 1 aliphatic heterocycles. The van der Waals surface area contributed by atoms with Gasteiger partial charge in [0.15, 0.2) is 0 Å². The first-order chi connectivity index (χ1) is 8.36. The van der Waals surface area contributed by atoms with Crippen LogP contribution in [-0.4, -0.2) is 38.6 Å². The van der Waals surface area contributed by atoms with Crippen LogP contribution in [0.5, 0.6) is 0 Å². The third-order valence-corrected chi connectivity index (χ3v) is 3.83. The van der Waals surface area contributed by atoms with E-state index in [-0.39, 0.29) is 4.90 Å². The van der Waals surface area contributed by atoms with Gasteiger partial charge in [0, 0.05) is 31.4 Å². The summed E-state index contributed by atoms with van der Waals surface area (Å²) in [6.45, 7) is 5.93. The molecule has 7 heteroatoms. The molecular weight excluding hydrogens is 252 g/mol. The smallest absolute Gasteiger partial charge is 0.239 e. The maximum atomic E-state index is 11.1. The van der Waals surface area contributed by atoms with Gasteiger partial charge < -0.3 is 10.2 Å². The van der Waals surface area contributed by atoms with Crippen molar-refractivity contribution in [2.45, 2.75) is 30.8 Å². The summed E-state index contributed by atoms with van der Waals surface area (Å²) < 4.78 is 22.3. The molecular formula is C11H18N4O2S. The Morgan fingerprint density at radius 3 is 2.39 bits per heavy atom. The Morgan fingerprint density at radius 2 is 1.94 bits per heavy atom. The van der Waals surface area contributed by atoms with Gasteiger partial charge in [0.25, 0.3) is 0 Å². The van der Waals surface area contributed by atoms with Crippen LogP contribution >= 0.6 is 0 Å². The molecule has 0 amide bonds. The second-order valence-corrected chi connectivity index (χ2v) is 6.33. The van der Waals surface area contributed by atoms with Crippen molar-refractivity contribution in [3.05, 3.63) is 18.3 Å². The summed E-state index contributed by atoms with van der Waals surface area (Å²) in [7, 11) is -3.67. The number of nitrogens with zero attached hydrogens (tertiary/aromatic N) is 2. The summed E-state index contributed by atoms with van der Waals surface area (Å²) in [6.07, 6.45) is 1.31. The molecule has 18 heavy (non-hydrogen) atoms. The topological polar surface area (TPSA) is 88.3 Å². The van der Waals surface area contributed by atoms with Crippen molar-refractivity contribution < 1.29 is 8.42 Å². The fourth-order valence-electron chi connectivity index (χ4n) is 2.24. The number of nitrogens with two attached hydrogens (primary N) is 1. The minimum atomic E-state index is -3.67. The van der Waals surface area contributed by atoms with Gasteiger partial charge in [0.1, 0.15) is 10.7 Å². The maximum absolute atomic E-state index is 11.1. The average molecular weight is 270 g/mol. The fourth-order valence-corrected chi connectivity index (χ4v) is 2.70. The Labute approximate surface area is 107 Å². The van der Waals surface area contributed by atoms with Crippen LogP contribution in [0.2, 0.25) is 0 Å². The molecule has 2 atom stereocenters. The van der Waals surface area contributed by atoms with E-state index in [4.69, 9.17) is 5.14 Å². The van der Waals surface area contributed by atoms with E-state index >= 15 is 0 Å². The molecule has 0 bridgehead atoms. The first-order valence-corrected chi connectivity index (χ1v) is 7.41. The lowest BCUT2D eigenvalue weighted by atomic mass is 10.1. The highest BCUT2D eigenvalue weighted by atomic mass is 32.2. The average Bonchev–Trinajstić information content (AvgIpc) is 2.27. The molecule has 0 saturated carbocycles. The standard InChI is InChI=1S/C11H18N4O2S/c1-8-6-15(7-9(2)14-8)11-4-3-10(5-13-11)18(12,16)17/h3-5,8-9,14H,6-7H2,1-2H3,(H2,12,16,17). The van der Waals surface area contributed by atoms with Crippen LogP contribution in [0.15, 0.2) is 23.2 Å². The molecule has 1 saturated heterocycles. The van der Waals surface area contributed by atoms with Gasteiger partial charge in [0.05, 0.1) is 0 Å². The summed E-state index contributed by atoms with van der Waals surface area (Å²) in [4.78, 5) is 6.36. The van der Waals surface area contributed by atoms with Crippen LogP contribution in [0, 0.1) is 0 Å². The van der Waals surface area contributed by atoms with Crippen LogP contribution in [-0.2, 0) is 10.0 Å². The van der Waals surface area contributed by atoms with Crippen molar-refractivity contribution in [2.75, 3.05) is 18.0 Å². The highest BCUT2D eigenvalue weighted by molar-refractivity contribution is 7.89. The van der Waals surface area contributed by atoms with E-state index in [0.717, 1.165) is 18.9 Å². The highest BCUT2D eigenvalue weighted by Crippen LogP contribution is 2.16. The molecule has 0 spiro atoms. The second-order valence-electron chi connectivity index (χ2n) is 4.77. The molecule has 0 aromatic carbocycles. The molecule has 2 rings (SSSR count). The normalized spacial score (nSPS) is 25.2.